The zero-order valence-electron chi connectivity index (χ0n) is 13.5. The maximum atomic E-state index is 12.3. The van der Waals surface area contributed by atoms with E-state index in [1.54, 1.807) is 6.07 Å². The van der Waals surface area contributed by atoms with E-state index in [0.717, 1.165) is 21.5 Å². The number of benzene rings is 1. The normalized spacial score (nSPS) is 11.0. The third kappa shape index (κ3) is 3.20. The van der Waals surface area contributed by atoms with Gasteiger partial charge in [-0.2, -0.15) is 0 Å². The van der Waals surface area contributed by atoms with Gasteiger partial charge in [0.1, 0.15) is 21.9 Å². The lowest BCUT2D eigenvalue weighted by molar-refractivity contribution is 0.0383. The van der Waals surface area contributed by atoms with Crippen molar-refractivity contribution >= 4 is 50.6 Å². The molecule has 0 saturated carbocycles. The molecule has 0 amide bonds. The minimum absolute atomic E-state index is 0.172. The Hall–Kier alpha value is -2.18. The van der Waals surface area contributed by atoms with Gasteiger partial charge in [0.05, 0.1) is 22.2 Å². The second-order valence-corrected chi connectivity index (χ2v) is 6.92. The first-order valence-corrected chi connectivity index (χ1v) is 8.63. The molecule has 3 rings (SSSR count). The highest BCUT2D eigenvalue weighted by molar-refractivity contribution is 7.20. The summed E-state index contributed by atoms with van der Waals surface area (Å²) in [5.41, 5.74) is 1.55. The van der Waals surface area contributed by atoms with Crippen LogP contribution in [0.4, 0.5) is 11.5 Å². The van der Waals surface area contributed by atoms with Crippen molar-refractivity contribution in [1.82, 2.24) is 9.97 Å². The van der Waals surface area contributed by atoms with E-state index in [2.05, 4.69) is 15.3 Å². The molecule has 0 bridgehead atoms. The van der Waals surface area contributed by atoms with Crippen LogP contribution in [0.3, 0.4) is 0 Å². The molecule has 0 aliphatic heterocycles. The number of hydrogen-bond donors (Lipinski definition) is 1. The zero-order valence-corrected chi connectivity index (χ0v) is 15.0. The molecule has 0 spiro atoms. The average Bonchev–Trinajstić information content (AvgIpc) is 2.87. The lowest BCUT2D eigenvalue weighted by Gasteiger charge is -2.09. The summed E-state index contributed by atoms with van der Waals surface area (Å²) in [6, 6.07) is 7.41. The minimum Gasteiger partial charge on any atom is -0.459 e. The van der Waals surface area contributed by atoms with Gasteiger partial charge in [-0.15, -0.1) is 11.3 Å². The summed E-state index contributed by atoms with van der Waals surface area (Å²) in [4.78, 5) is 22.1. The summed E-state index contributed by atoms with van der Waals surface area (Å²) >= 11 is 7.50. The number of fused-ring (bicyclic) bond motifs is 1. The summed E-state index contributed by atoms with van der Waals surface area (Å²) in [6.45, 7) is 5.52. The molecule has 0 aliphatic rings. The number of thiophene rings is 1. The SMILES string of the molecule is Cc1c(C(=O)OC(C)C)sc2ncnc(Nc3ccccc3Cl)c12. The number of rotatable bonds is 4. The van der Waals surface area contributed by atoms with Crippen LogP contribution >= 0.6 is 22.9 Å². The van der Waals surface area contributed by atoms with Crippen LogP contribution in [0, 0.1) is 6.92 Å². The molecule has 5 nitrogen and oxygen atoms in total. The fraction of sp³-hybridized carbons (Fsp3) is 0.235. The molecule has 24 heavy (non-hydrogen) atoms. The summed E-state index contributed by atoms with van der Waals surface area (Å²) in [6.07, 6.45) is 1.29. The second-order valence-electron chi connectivity index (χ2n) is 5.52. The Morgan fingerprint density at radius 1 is 1.29 bits per heavy atom. The molecule has 3 aromatic rings. The predicted molar refractivity (Wildman–Crippen MR) is 97.4 cm³/mol. The monoisotopic (exact) mass is 361 g/mol. The van der Waals surface area contributed by atoms with Gasteiger partial charge in [0.2, 0.25) is 0 Å². The van der Waals surface area contributed by atoms with Gasteiger partial charge in [-0.3, -0.25) is 0 Å². The average molecular weight is 362 g/mol. The lowest BCUT2D eigenvalue weighted by Crippen LogP contribution is -2.11. The number of nitrogens with one attached hydrogen (secondary N) is 1. The molecule has 0 radical (unpaired) electrons. The highest BCUT2D eigenvalue weighted by Crippen LogP contribution is 2.35. The fourth-order valence-electron chi connectivity index (χ4n) is 2.32. The van der Waals surface area contributed by atoms with Crippen LogP contribution < -0.4 is 5.32 Å². The topological polar surface area (TPSA) is 64.1 Å². The third-order valence-corrected chi connectivity index (χ3v) is 4.89. The number of ether oxygens (including phenoxy) is 1. The van der Waals surface area contributed by atoms with Gasteiger partial charge >= 0.3 is 5.97 Å². The largest absolute Gasteiger partial charge is 0.459 e. The van der Waals surface area contributed by atoms with Gasteiger partial charge in [-0.1, -0.05) is 23.7 Å². The van der Waals surface area contributed by atoms with Crippen molar-refractivity contribution in [3.05, 3.63) is 46.1 Å². The Kier molecular flexibility index (Phi) is 4.69. The Morgan fingerprint density at radius 2 is 2.04 bits per heavy atom. The van der Waals surface area contributed by atoms with Crippen LogP contribution in [0.15, 0.2) is 30.6 Å². The van der Waals surface area contributed by atoms with Gasteiger partial charge in [-0.25, -0.2) is 14.8 Å². The number of carbonyl (C=O) groups excluding carboxylic acids is 1. The van der Waals surface area contributed by atoms with E-state index in [0.29, 0.717) is 15.7 Å². The molecule has 7 heteroatoms. The van der Waals surface area contributed by atoms with Crippen molar-refractivity contribution < 1.29 is 9.53 Å². The standard InChI is InChI=1S/C17H16ClN3O2S/c1-9(2)23-17(22)14-10(3)13-15(19-8-20-16(13)24-14)21-12-7-5-4-6-11(12)18/h4-9H,1-3H3,(H,19,20,21). The third-order valence-electron chi connectivity index (χ3n) is 3.38. The summed E-state index contributed by atoms with van der Waals surface area (Å²) in [5.74, 6) is 0.277. The van der Waals surface area contributed by atoms with Crippen LogP contribution in [-0.4, -0.2) is 22.0 Å². The van der Waals surface area contributed by atoms with Crippen molar-refractivity contribution in [3.63, 3.8) is 0 Å². The molecule has 0 saturated heterocycles. The van der Waals surface area contributed by atoms with Gasteiger partial charge in [-0.05, 0) is 38.5 Å². The number of esters is 1. The molecule has 124 valence electrons. The van der Waals surface area contributed by atoms with Crippen LogP contribution in [0.25, 0.3) is 10.2 Å². The van der Waals surface area contributed by atoms with Crippen molar-refractivity contribution in [2.24, 2.45) is 0 Å². The van der Waals surface area contributed by atoms with Crippen LogP contribution in [0.2, 0.25) is 5.02 Å². The molecule has 1 aromatic carbocycles. The summed E-state index contributed by atoms with van der Waals surface area (Å²) in [7, 11) is 0. The first kappa shape index (κ1) is 16.7. The summed E-state index contributed by atoms with van der Waals surface area (Å²) in [5, 5.41) is 4.62. The molecular formula is C17H16ClN3O2S. The number of carbonyl (C=O) groups is 1. The van der Waals surface area contributed by atoms with Crippen molar-refractivity contribution in [1.29, 1.82) is 0 Å². The van der Waals surface area contributed by atoms with E-state index < -0.39 is 0 Å². The first-order chi connectivity index (χ1) is 11.5. The van der Waals surface area contributed by atoms with E-state index in [1.165, 1.54) is 17.7 Å². The van der Waals surface area contributed by atoms with E-state index in [4.69, 9.17) is 16.3 Å². The van der Waals surface area contributed by atoms with Crippen LogP contribution in [0.1, 0.15) is 29.1 Å². The van der Waals surface area contributed by atoms with E-state index >= 15 is 0 Å². The molecule has 0 atom stereocenters. The Labute approximate surface area is 148 Å². The highest BCUT2D eigenvalue weighted by Gasteiger charge is 2.21. The zero-order chi connectivity index (χ0) is 17.3. The van der Waals surface area contributed by atoms with Crippen molar-refractivity contribution in [2.75, 3.05) is 5.32 Å². The number of aryl methyl sites for hydroxylation is 1. The minimum atomic E-state index is -0.339. The smallest absolute Gasteiger partial charge is 0.348 e. The molecular weight excluding hydrogens is 346 g/mol. The van der Waals surface area contributed by atoms with E-state index in [1.807, 2.05) is 39.0 Å². The van der Waals surface area contributed by atoms with Gasteiger partial charge in [0.25, 0.3) is 0 Å². The van der Waals surface area contributed by atoms with Gasteiger partial charge in [0.15, 0.2) is 0 Å². The predicted octanol–water partition coefficient (Wildman–Crippen LogP) is 4.96. The maximum Gasteiger partial charge on any atom is 0.348 e. The maximum absolute atomic E-state index is 12.3. The lowest BCUT2D eigenvalue weighted by atomic mass is 10.2. The highest BCUT2D eigenvalue weighted by atomic mass is 35.5. The molecule has 2 aromatic heterocycles. The number of halogens is 1. The molecule has 0 unspecified atom stereocenters. The van der Waals surface area contributed by atoms with Gasteiger partial charge in [0, 0.05) is 0 Å². The quantitative estimate of drug-likeness (QED) is 0.665. The second kappa shape index (κ2) is 6.75. The molecule has 0 fully saturated rings. The van der Waals surface area contributed by atoms with Crippen molar-refractivity contribution in [2.45, 2.75) is 26.9 Å². The number of nitrogens with zero attached hydrogens (tertiary/aromatic N) is 2. The summed E-state index contributed by atoms with van der Waals surface area (Å²) < 4.78 is 5.31. The van der Waals surface area contributed by atoms with Crippen LogP contribution in [-0.2, 0) is 4.74 Å². The number of aromatic nitrogens is 2. The molecule has 2 heterocycles. The molecule has 0 aliphatic carbocycles. The Morgan fingerprint density at radius 3 is 2.75 bits per heavy atom. The number of anilines is 2. The number of para-hydroxylation sites is 1. The van der Waals surface area contributed by atoms with Crippen molar-refractivity contribution in [3.8, 4) is 0 Å². The van der Waals surface area contributed by atoms with E-state index in [9.17, 15) is 4.79 Å². The Bertz CT molecular complexity index is 908. The van der Waals surface area contributed by atoms with Gasteiger partial charge < -0.3 is 10.1 Å². The molecule has 1 N–H and O–H groups in total. The fourth-order valence-corrected chi connectivity index (χ4v) is 3.53. The van der Waals surface area contributed by atoms with Crippen LogP contribution in [0.5, 0.6) is 0 Å². The first-order valence-electron chi connectivity index (χ1n) is 7.44. The number of hydrogen-bond acceptors (Lipinski definition) is 6. The van der Waals surface area contributed by atoms with E-state index in [-0.39, 0.29) is 12.1 Å². The Balaban J connectivity index is 2.05.